The molecule has 1 aromatic rings. The van der Waals surface area contributed by atoms with Crippen molar-refractivity contribution in [2.75, 3.05) is 33.2 Å². The number of nitrogens with two attached hydrogens (primary N) is 1. The van der Waals surface area contributed by atoms with E-state index in [2.05, 4.69) is 9.89 Å². The molecule has 0 amide bonds. The first kappa shape index (κ1) is 15.5. The van der Waals surface area contributed by atoms with Crippen molar-refractivity contribution in [3.63, 3.8) is 0 Å². The number of hydrogen-bond donors (Lipinski definition) is 1. The molecule has 1 aromatic carbocycles. The number of likely N-dealkylation sites (N-methyl/N-ethyl adjacent to an activating group) is 1. The molecule has 0 spiro atoms. The first-order valence-electron chi connectivity index (χ1n) is 6.85. The Hall–Kier alpha value is -1.85. The van der Waals surface area contributed by atoms with E-state index in [0.29, 0.717) is 18.7 Å². The SMILES string of the molecule is CN(CCN)CC1=CCN=C1/C=C/c1ccc(F)cc1F. The molecule has 21 heavy (non-hydrogen) atoms. The largest absolute Gasteiger partial charge is 0.329 e. The van der Waals surface area contributed by atoms with Gasteiger partial charge in [0.1, 0.15) is 11.6 Å². The molecule has 0 aliphatic carbocycles. The quantitative estimate of drug-likeness (QED) is 0.873. The van der Waals surface area contributed by atoms with Crippen LogP contribution < -0.4 is 5.73 Å². The van der Waals surface area contributed by atoms with E-state index in [0.717, 1.165) is 30.4 Å². The average molecular weight is 291 g/mol. The number of benzene rings is 1. The number of allylic oxidation sites excluding steroid dienone is 1. The lowest BCUT2D eigenvalue weighted by Gasteiger charge is -2.16. The Morgan fingerprint density at radius 3 is 2.86 bits per heavy atom. The summed E-state index contributed by atoms with van der Waals surface area (Å²) < 4.78 is 26.4. The van der Waals surface area contributed by atoms with Gasteiger partial charge >= 0.3 is 0 Å². The second-order valence-corrected chi connectivity index (χ2v) is 4.98. The van der Waals surface area contributed by atoms with Crippen LogP contribution in [0.4, 0.5) is 8.78 Å². The van der Waals surface area contributed by atoms with Gasteiger partial charge in [-0.25, -0.2) is 8.78 Å². The second-order valence-electron chi connectivity index (χ2n) is 4.98. The Bertz CT molecular complexity index is 591. The monoisotopic (exact) mass is 291 g/mol. The summed E-state index contributed by atoms with van der Waals surface area (Å²) in [7, 11) is 1.99. The Kier molecular flexibility index (Phi) is 5.36. The average Bonchev–Trinajstić information content (AvgIpc) is 2.85. The molecular formula is C16H19F2N3. The Balaban J connectivity index is 2.05. The Morgan fingerprint density at radius 1 is 1.33 bits per heavy atom. The van der Waals surface area contributed by atoms with Gasteiger partial charge in [0.25, 0.3) is 0 Å². The molecule has 0 unspecified atom stereocenters. The molecule has 1 heterocycles. The van der Waals surface area contributed by atoms with Gasteiger partial charge in [-0.2, -0.15) is 0 Å². The zero-order chi connectivity index (χ0) is 15.2. The van der Waals surface area contributed by atoms with Crippen LogP contribution in [0.1, 0.15) is 5.56 Å². The van der Waals surface area contributed by atoms with Gasteiger partial charge in [-0.1, -0.05) is 6.08 Å². The summed E-state index contributed by atoms with van der Waals surface area (Å²) in [6.07, 6.45) is 5.44. The van der Waals surface area contributed by atoms with Crippen molar-refractivity contribution in [2.24, 2.45) is 10.7 Å². The normalized spacial score (nSPS) is 14.9. The third kappa shape index (κ3) is 4.31. The van der Waals surface area contributed by atoms with E-state index in [-0.39, 0.29) is 0 Å². The van der Waals surface area contributed by atoms with Crippen molar-refractivity contribution >= 4 is 11.8 Å². The smallest absolute Gasteiger partial charge is 0.133 e. The minimum Gasteiger partial charge on any atom is -0.329 e. The number of nitrogens with zero attached hydrogens (tertiary/aromatic N) is 2. The van der Waals surface area contributed by atoms with Crippen molar-refractivity contribution in [2.45, 2.75) is 0 Å². The molecular weight excluding hydrogens is 272 g/mol. The molecule has 1 aliphatic heterocycles. The van der Waals surface area contributed by atoms with E-state index in [9.17, 15) is 8.78 Å². The van der Waals surface area contributed by atoms with Crippen LogP contribution in [0, 0.1) is 11.6 Å². The minimum absolute atomic E-state index is 0.348. The zero-order valence-corrected chi connectivity index (χ0v) is 12.0. The molecule has 112 valence electrons. The van der Waals surface area contributed by atoms with Gasteiger partial charge in [0, 0.05) is 31.3 Å². The van der Waals surface area contributed by atoms with Gasteiger partial charge in [-0.3, -0.25) is 4.99 Å². The van der Waals surface area contributed by atoms with E-state index >= 15 is 0 Å². The summed E-state index contributed by atoms with van der Waals surface area (Å²) in [6, 6.07) is 3.54. The summed E-state index contributed by atoms with van der Waals surface area (Å²) in [6.45, 7) is 2.80. The lowest BCUT2D eigenvalue weighted by atomic mass is 10.1. The molecule has 0 fully saturated rings. The lowest BCUT2D eigenvalue weighted by molar-refractivity contribution is 0.377. The van der Waals surface area contributed by atoms with E-state index in [1.165, 1.54) is 12.1 Å². The first-order chi connectivity index (χ1) is 10.1. The zero-order valence-electron chi connectivity index (χ0n) is 12.0. The third-order valence-corrected chi connectivity index (χ3v) is 3.26. The molecule has 5 heteroatoms. The standard InChI is InChI=1S/C16H19F2N3/c1-21(9-7-19)11-13-6-8-20-16(13)5-3-12-2-4-14(17)10-15(12)18/h2-6,10H,7-9,11,19H2,1H3/b5-3+. The molecule has 3 nitrogen and oxygen atoms in total. The summed E-state index contributed by atoms with van der Waals surface area (Å²) in [5, 5.41) is 0. The molecule has 2 rings (SSSR count). The topological polar surface area (TPSA) is 41.6 Å². The van der Waals surface area contributed by atoms with E-state index in [1.807, 2.05) is 13.1 Å². The van der Waals surface area contributed by atoms with Gasteiger partial charge in [0.2, 0.25) is 0 Å². The van der Waals surface area contributed by atoms with Crippen LogP contribution in [0.25, 0.3) is 6.08 Å². The van der Waals surface area contributed by atoms with Crippen molar-refractivity contribution in [1.29, 1.82) is 0 Å². The second kappa shape index (κ2) is 7.24. The molecule has 0 bridgehead atoms. The minimum atomic E-state index is -0.577. The highest BCUT2D eigenvalue weighted by atomic mass is 19.1. The maximum absolute atomic E-state index is 13.6. The van der Waals surface area contributed by atoms with Crippen LogP contribution in [0.2, 0.25) is 0 Å². The predicted octanol–water partition coefficient (Wildman–Crippen LogP) is 2.25. The summed E-state index contributed by atoms with van der Waals surface area (Å²) >= 11 is 0. The summed E-state index contributed by atoms with van der Waals surface area (Å²) in [4.78, 5) is 6.49. The highest BCUT2D eigenvalue weighted by molar-refractivity contribution is 6.12. The van der Waals surface area contributed by atoms with Gasteiger partial charge < -0.3 is 10.6 Å². The predicted molar refractivity (Wildman–Crippen MR) is 82.3 cm³/mol. The number of hydrogen-bond acceptors (Lipinski definition) is 3. The Morgan fingerprint density at radius 2 is 2.14 bits per heavy atom. The highest BCUT2D eigenvalue weighted by Crippen LogP contribution is 2.14. The summed E-state index contributed by atoms with van der Waals surface area (Å²) in [5.74, 6) is -1.15. The van der Waals surface area contributed by atoms with Gasteiger partial charge in [-0.05, 0) is 36.9 Å². The van der Waals surface area contributed by atoms with Crippen molar-refractivity contribution in [3.8, 4) is 0 Å². The van der Waals surface area contributed by atoms with Crippen LogP contribution in [0.3, 0.4) is 0 Å². The molecule has 0 saturated heterocycles. The van der Waals surface area contributed by atoms with E-state index in [4.69, 9.17) is 5.73 Å². The van der Waals surface area contributed by atoms with Crippen molar-refractivity contribution in [1.82, 2.24) is 4.90 Å². The van der Waals surface area contributed by atoms with Crippen molar-refractivity contribution in [3.05, 3.63) is 53.1 Å². The van der Waals surface area contributed by atoms with Gasteiger partial charge in [0.15, 0.2) is 0 Å². The third-order valence-electron chi connectivity index (χ3n) is 3.26. The van der Waals surface area contributed by atoms with Crippen LogP contribution in [0.15, 0.2) is 40.9 Å². The maximum atomic E-state index is 13.6. The lowest BCUT2D eigenvalue weighted by Crippen LogP contribution is -2.28. The molecule has 0 radical (unpaired) electrons. The van der Waals surface area contributed by atoms with Crippen LogP contribution >= 0.6 is 0 Å². The maximum Gasteiger partial charge on any atom is 0.133 e. The highest BCUT2D eigenvalue weighted by Gasteiger charge is 2.11. The van der Waals surface area contributed by atoms with Crippen LogP contribution in [0.5, 0.6) is 0 Å². The van der Waals surface area contributed by atoms with Gasteiger partial charge in [-0.15, -0.1) is 0 Å². The fraction of sp³-hybridized carbons (Fsp3) is 0.312. The molecule has 1 aliphatic rings. The van der Waals surface area contributed by atoms with E-state index < -0.39 is 11.6 Å². The Labute approximate surface area is 123 Å². The number of aliphatic imine (C=N–C) groups is 1. The summed E-state index contributed by atoms with van der Waals surface area (Å²) in [5.41, 5.74) is 7.81. The number of halogens is 2. The number of rotatable bonds is 6. The molecule has 0 aromatic heterocycles. The fourth-order valence-corrected chi connectivity index (χ4v) is 2.16. The van der Waals surface area contributed by atoms with Crippen molar-refractivity contribution < 1.29 is 8.78 Å². The van der Waals surface area contributed by atoms with E-state index in [1.54, 1.807) is 12.2 Å². The first-order valence-corrected chi connectivity index (χ1v) is 6.85. The van der Waals surface area contributed by atoms with Crippen LogP contribution in [-0.2, 0) is 0 Å². The molecule has 0 atom stereocenters. The molecule has 2 N–H and O–H groups in total. The molecule has 0 saturated carbocycles. The van der Waals surface area contributed by atoms with Gasteiger partial charge in [0.05, 0.1) is 12.3 Å². The van der Waals surface area contributed by atoms with Crippen LogP contribution in [-0.4, -0.2) is 43.8 Å². The fourth-order valence-electron chi connectivity index (χ4n) is 2.16.